The molecule has 0 aliphatic rings. The highest BCUT2D eigenvalue weighted by atomic mass is 32.1. The van der Waals surface area contributed by atoms with E-state index in [9.17, 15) is 14.4 Å². The van der Waals surface area contributed by atoms with Crippen LogP contribution in [0.15, 0.2) is 29.6 Å². The zero-order valence-corrected chi connectivity index (χ0v) is 17.5. The van der Waals surface area contributed by atoms with Crippen LogP contribution in [0.1, 0.15) is 31.7 Å². The zero-order chi connectivity index (χ0) is 21.9. The predicted octanol–water partition coefficient (Wildman–Crippen LogP) is 2.66. The van der Waals surface area contributed by atoms with E-state index in [4.69, 9.17) is 15.7 Å². The Morgan fingerprint density at radius 2 is 2.10 bits per heavy atom. The van der Waals surface area contributed by atoms with Crippen LogP contribution in [0.25, 0.3) is 10.1 Å². The van der Waals surface area contributed by atoms with Crippen molar-refractivity contribution >= 4 is 39.5 Å². The van der Waals surface area contributed by atoms with Crippen LogP contribution in [0.2, 0.25) is 0 Å². The highest BCUT2D eigenvalue weighted by Gasteiger charge is 2.33. The van der Waals surface area contributed by atoms with Crippen LogP contribution in [0, 0.1) is 11.3 Å². The van der Waals surface area contributed by atoms with Crippen LogP contribution < -0.4 is 16.5 Å². The summed E-state index contributed by atoms with van der Waals surface area (Å²) in [4.78, 5) is 37.0. The van der Waals surface area contributed by atoms with E-state index in [1.54, 1.807) is 0 Å². The molecular formula is C20H25N5O4S. The quantitative estimate of drug-likeness (QED) is 0.414. The molecule has 0 saturated carbocycles. The van der Waals surface area contributed by atoms with Gasteiger partial charge in [0.25, 0.3) is 0 Å². The monoisotopic (exact) mass is 431 g/mol. The maximum Gasteiger partial charge on any atom is 0.429 e. The van der Waals surface area contributed by atoms with Crippen LogP contribution in [0.3, 0.4) is 0 Å². The van der Waals surface area contributed by atoms with Crippen molar-refractivity contribution in [2.45, 2.75) is 38.6 Å². The fraction of sp³-hybridized carbons (Fsp3) is 0.400. The summed E-state index contributed by atoms with van der Waals surface area (Å²) in [5.74, 6) is -0.526. The third-order valence-corrected chi connectivity index (χ3v) is 5.29. The molecule has 1 unspecified atom stereocenters. The van der Waals surface area contributed by atoms with Gasteiger partial charge in [0.05, 0.1) is 19.1 Å². The third kappa shape index (κ3) is 6.35. The SMILES string of the molecule is CCCCOC(=O)N(NC(N)=O)C(Cc1csc2ccccc12)C(=O)NCCC#N. The molecule has 4 amide bonds. The molecule has 9 nitrogen and oxygen atoms in total. The molecule has 4 N–H and O–H groups in total. The molecule has 2 aromatic rings. The maximum atomic E-state index is 12.9. The van der Waals surface area contributed by atoms with E-state index in [0.29, 0.717) is 6.42 Å². The summed E-state index contributed by atoms with van der Waals surface area (Å²) in [6.45, 7) is 2.21. The summed E-state index contributed by atoms with van der Waals surface area (Å²) >= 11 is 1.52. The van der Waals surface area contributed by atoms with Gasteiger partial charge in [-0.1, -0.05) is 31.5 Å². The molecule has 2 rings (SSSR count). The number of nitrogens with one attached hydrogen (secondary N) is 2. The molecule has 0 saturated heterocycles. The fourth-order valence-electron chi connectivity index (χ4n) is 2.80. The topological polar surface area (TPSA) is 138 Å². The van der Waals surface area contributed by atoms with Crippen molar-refractivity contribution in [1.82, 2.24) is 15.8 Å². The minimum Gasteiger partial charge on any atom is -0.448 e. The van der Waals surface area contributed by atoms with Crippen molar-refractivity contribution in [3.8, 4) is 6.07 Å². The van der Waals surface area contributed by atoms with Gasteiger partial charge in [0.1, 0.15) is 6.04 Å². The predicted molar refractivity (Wildman–Crippen MR) is 113 cm³/mol. The second-order valence-corrected chi connectivity index (χ2v) is 7.40. The van der Waals surface area contributed by atoms with Crippen LogP contribution >= 0.6 is 11.3 Å². The van der Waals surface area contributed by atoms with E-state index in [-0.39, 0.29) is 26.0 Å². The van der Waals surface area contributed by atoms with Gasteiger partial charge in [0, 0.05) is 17.7 Å². The minimum atomic E-state index is -1.11. The lowest BCUT2D eigenvalue weighted by atomic mass is 10.0. The number of primary amides is 1. The highest BCUT2D eigenvalue weighted by Crippen LogP contribution is 2.27. The van der Waals surface area contributed by atoms with Crippen molar-refractivity contribution < 1.29 is 19.1 Å². The number of ether oxygens (including phenoxy) is 1. The number of urea groups is 1. The largest absolute Gasteiger partial charge is 0.448 e. The summed E-state index contributed by atoms with van der Waals surface area (Å²) in [7, 11) is 0. The van der Waals surface area contributed by atoms with Crippen molar-refractivity contribution in [3.05, 3.63) is 35.2 Å². The highest BCUT2D eigenvalue weighted by molar-refractivity contribution is 7.17. The van der Waals surface area contributed by atoms with Crippen molar-refractivity contribution in [1.29, 1.82) is 5.26 Å². The van der Waals surface area contributed by atoms with E-state index in [1.165, 1.54) is 11.3 Å². The zero-order valence-electron chi connectivity index (χ0n) is 16.7. The molecule has 0 aliphatic carbocycles. The number of hydrazine groups is 1. The number of hydrogen-bond acceptors (Lipinski definition) is 6. The standard InChI is InChI=1S/C20H25N5O4S/c1-2-3-11-29-20(28)25(24-19(22)27)16(18(26)23-10-6-9-21)12-14-13-30-17-8-5-4-7-15(14)17/h4-5,7-8,13,16H,2-3,6,10-12H2,1H3,(H,23,26)(H3,22,24,27). The van der Waals surface area contributed by atoms with Crippen LogP contribution in [-0.4, -0.2) is 42.2 Å². The Morgan fingerprint density at radius 3 is 2.80 bits per heavy atom. The van der Waals surface area contributed by atoms with E-state index < -0.39 is 24.1 Å². The molecule has 10 heteroatoms. The Balaban J connectivity index is 2.32. The number of nitrogens with zero attached hydrogens (tertiary/aromatic N) is 2. The summed E-state index contributed by atoms with van der Waals surface area (Å²) in [5, 5.41) is 15.0. The Kier molecular flexibility index (Phi) is 8.90. The molecule has 1 atom stereocenters. The third-order valence-electron chi connectivity index (χ3n) is 4.28. The Hall–Kier alpha value is -3.32. The van der Waals surface area contributed by atoms with Gasteiger partial charge in [0.15, 0.2) is 0 Å². The number of nitriles is 1. The van der Waals surface area contributed by atoms with Crippen LogP contribution in [0.4, 0.5) is 9.59 Å². The smallest absolute Gasteiger partial charge is 0.429 e. The van der Waals surface area contributed by atoms with Gasteiger partial charge >= 0.3 is 12.1 Å². The average molecular weight is 432 g/mol. The van der Waals surface area contributed by atoms with Gasteiger partial charge in [-0.05, 0) is 28.8 Å². The first-order valence-corrected chi connectivity index (χ1v) is 10.5. The molecule has 0 bridgehead atoms. The molecule has 0 fully saturated rings. The Bertz CT molecular complexity index is 923. The first kappa shape index (κ1) is 23.0. The number of amides is 4. The van der Waals surface area contributed by atoms with E-state index in [2.05, 4.69) is 10.7 Å². The second-order valence-electron chi connectivity index (χ2n) is 6.49. The summed E-state index contributed by atoms with van der Waals surface area (Å²) in [6.07, 6.45) is 0.831. The number of carbonyl (C=O) groups excluding carboxylic acids is 3. The second kappa shape index (κ2) is 11.6. The first-order chi connectivity index (χ1) is 14.5. The van der Waals surface area contributed by atoms with Gasteiger partial charge in [-0.2, -0.15) is 5.26 Å². The number of unbranched alkanes of at least 4 members (excludes halogenated alkanes) is 1. The molecule has 0 spiro atoms. The normalized spacial score (nSPS) is 11.3. The molecule has 1 heterocycles. The first-order valence-electron chi connectivity index (χ1n) is 9.59. The van der Waals surface area contributed by atoms with Gasteiger partial charge in [-0.3, -0.25) is 4.79 Å². The number of rotatable bonds is 9. The molecule has 0 radical (unpaired) electrons. The van der Waals surface area contributed by atoms with Crippen LogP contribution in [-0.2, 0) is 16.0 Å². The number of benzene rings is 1. The van der Waals surface area contributed by atoms with Crippen LogP contribution in [0.5, 0.6) is 0 Å². The van der Waals surface area contributed by atoms with Gasteiger partial charge in [0.2, 0.25) is 5.91 Å². The lowest BCUT2D eigenvalue weighted by Gasteiger charge is -2.29. The van der Waals surface area contributed by atoms with Gasteiger partial charge in [-0.25, -0.2) is 20.0 Å². The summed E-state index contributed by atoms with van der Waals surface area (Å²) < 4.78 is 6.23. The summed E-state index contributed by atoms with van der Waals surface area (Å²) in [6, 6.07) is 7.54. The molecule has 160 valence electrons. The maximum absolute atomic E-state index is 12.9. The van der Waals surface area contributed by atoms with Crippen molar-refractivity contribution in [2.24, 2.45) is 5.73 Å². The molecule has 0 aliphatic heterocycles. The number of fused-ring (bicyclic) bond motifs is 1. The summed E-state index contributed by atoms with van der Waals surface area (Å²) in [5.41, 5.74) is 8.29. The fourth-order valence-corrected chi connectivity index (χ4v) is 3.78. The lowest BCUT2D eigenvalue weighted by molar-refractivity contribution is -0.126. The number of thiophene rings is 1. The number of hydrogen-bond donors (Lipinski definition) is 3. The molecule has 1 aromatic heterocycles. The van der Waals surface area contributed by atoms with Crippen molar-refractivity contribution in [2.75, 3.05) is 13.2 Å². The molecule has 1 aromatic carbocycles. The lowest BCUT2D eigenvalue weighted by Crippen LogP contribution is -2.59. The Labute approximate surface area is 178 Å². The minimum absolute atomic E-state index is 0.115. The van der Waals surface area contributed by atoms with E-state index in [1.807, 2.05) is 42.6 Å². The van der Waals surface area contributed by atoms with Gasteiger partial charge in [-0.15, -0.1) is 11.3 Å². The van der Waals surface area contributed by atoms with Crippen molar-refractivity contribution in [3.63, 3.8) is 0 Å². The van der Waals surface area contributed by atoms with E-state index >= 15 is 0 Å². The number of carbonyl (C=O) groups is 3. The molecular weight excluding hydrogens is 406 g/mol. The molecule has 30 heavy (non-hydrogen) atoms. The average Bonchev–Trinajstić information content (AvgIpc) is 3.13. The van der Waals surface area contributed by atoms with E-state index in [0.717, 1.165) is 27.1 Å². The Morgan fingerprint density at radius 1 is 1.33 bits per heavy atom. The van der Waals surface area contributed by atoms with Gasteiger partial charge < -0.3 is 15.8 Å². The number of nitrogens with two attached hydrogens (primary N) is 1.